The molecular weight excluding hydrogens is 364 g/mol. The maximum Gasteiger partial charge on any atom is 0.271 e. The lowest BCUT2D eigenvalue weighted by Gasteiger charge is -2.05. The summed E-state index contributed by atoms with van der Waals surface area (Å²) in [4.78, 5) is 30.9. The molecule has 4 heterocycles. The van der Waals surface area contributed by atoms with E-state index >= 15 is 0 Å². The van der Waals surface area contributed by atoms with Crippen molar-refractivity contribution < 1.29 is 4.79 Å². The number of nitrogens with zero attached hydrogens (tertiary/aromatic N) is 5. The van der Waals surface area contributed by atoms with Crippen molar-refractivity contribution in [1.82, 2.24) is 29.3 Å². The largest absolute Gasteiger partial charge is 0.352 e. The van der Waals surface area contributed by atoms with Gasteiger partial charge in [-0.25, -0.2) is 4.98 Å². The average molecular weight is 382 g/mol. The zero-order valence-corrected chi connectivity index (χ0v) is 15.8. The van der Waals surface area contributed by atoms with Crippen LogP contribution < -0.4 is 10.9 Å². The molecule has 0 aliphatic carbocycles. The molecule has 0 saturated carbocycles. The Morgan fingerprint density at radius 2 is 2.11 bits per heavy atom. The third-order valence-corrected chi connectivity index (χ3v) is 5.58. The number of rotatable bonds is 5. The molecule has 1 N–H and O–H groups in total. The van der Waals surface area contributed by atoms with E-state index in [2.05, 4.69) is 20.5 Å². The number of carbonyl (C=O) groups is 1. The summed E-state index contributed by atoms with van der Waals surface area (Å²) in [6, 6.07) is 5.73. The first-order chi connectivity index (χ1) is 13.1. The fourth-order valence-corrected chi connectivity index (χ4v) is 3.87. The van der Waals surface area contributed by atoms with Crippen LogP contribution in [-0.2, 0) is 6.42 Å². The smallest absolute Gasteiger partial charge is 0.271 e. The summed E-state index contributed by atoms with van der Waals surface area (Å²) in [5.41, 5.74) is 1.34. The van der Waals surface area contributed by atoms with E-state index in [1.165, 1.54) is 21.9 Å². The number of hydrogen-bond donors (Lipinski definition) is 1. The molecule has 9 heteroatoms. The van der Waals surface area contributed by atoms with Crippen molar-refractivity contribution in [3.63, 3.8) is 0 Å². The number of pyridine rings is 1. The molecule has 27 heavy (non-hydrogen) atoms. The van der Waals surface area contributed by atoms with Gasteiger partial charge in [0.05, 0.1) is 0 Å². The van der Waals surface area contributed by atoms with Crippen molar-refractivity contribution in [2.75, 3.05) is 6.54 Å². The van der Waals surface area contributed by atoms with E-state index in [0.717, 1.165) is 22.0 Å². The fraction of sp³-hybridized carbons (Fsp3) is 0.278. The summed E-state index contributed by atoms with van der Waals surface area (Å²) in [7, 11) is 0. The molecule has 4 aromatic rings. The van der Waals surface area contributed by atoms with E-state index in [9.17, 15) is 9.59 Å². The number of amides is 1. The molecule has 0 fully saturated rings. The van der Waals surface area contributed by atoms with Gasteiger partial charge in [0.1, 0.15) is 11.4 Å². The molecule has 0 spiro atoms. The first kappa shape index (κ1) is 17.3. The van der Waals surface area contributed by atoms with Crippen molar-refractivity contribution >= 4 is 27.9 Å². The summed E-state index contributed by atoms with van der Waals surface area (Å²) in [5.74, 6) is 0.434. The highest BCUT2D eigenvalue weighted by molar-refractivity contribution is 7.17. The van der Waals surface area contributed by atoms with Crippen LogP contribution in [-0.4, -0.2) is 36.4 Å². The molecule has 0 bridgehead atoms. The Labute approximate surface area is 158 Å². The summed E-state index contributed by atoms with van der Waals surface area (Å²) < 4.78 is 3.42. The Balaban J connectivity index is 1.42. The van der Waals surface area contributed by atoms with Gasteiger partial charge in [-0.15, -0.1) is 21.5 Å². The SMILES string of the molecule is Cc1sc2ncc(C(=O)NCCCc3nnc4ccccn34)c(=O)n2c1C. The number of fused-ring (bicyclic) bond motifs is 2. The second kappa shape index (κ2) is 6.92. The molecule has 8 nitrogen and oxygen atoms in total. The van der Waals surface area contributed by atoms with E-state index in [4.69, 9.17) is 0 Å². The summed E-state index contributed by atoms with van der Waals surface area (Å²) in [6.45, 7) is 4.22. The third kappa shape index (κ3) is 3.10. The minimum Gasteiger partial charge on any atom is -0.352 e. The fourth-order valence-electron chi connectivity index (χ4n) is 2.94. The normalized spacial score (nSPS) is 11.3. The van der Waals surface area contributed by atoms with Crippen LogP contribution in [0.15, 0.2) is 35.4 Å². The highest BCUT2D eigenvalue weighted by atomic mass is 32.1. The van der Waals surface area contributed by atoms with Crippen LogP contribution in [0.3, 0.4) is 0 Å². The van der Waals surface area contributed by atoms with Crippen molar-refractivity contribution in [3.05, 3.63) is 62.9 Å². The van der Waals surface area contributed by atoms with Crippen LogP contribution in [0.1, 0.15) is 33.2 Å². The predicted octanol–water partition coefficient (Wildman–Crippen LogP) is 1.78. The maximum atomic E-state index is 12.6. The molecule has 0 radical (unpaired) electrons. The van der Waals surface area contributed by atoms with Gasteiger partial charge in [0.2, 0.25) is 0 Å². The minimum atomic E-state index is -0.406. The second-order valence-electron chi connectivity index (χ2n) is 6.24. The summed E-state index contributed by atoms with van der Waals surface area (Å²) >= 11 is 1.44. The number of hydrogen-bond acceptors (Lipinski definition) is 6. The Morgan fingerprint density at radius 1 is 1.26 bits per heavy atom. The number of carbonyl (C=O) groups excluding carboxylic acids is 1. The molecule has 1 amide bonds. The van der Waals surface area contributed by atoms with Gasteiger partial charge in [0.25, 0.3) is 11.5 Å². The quantitative estimate of drug-likeness (QED) is 0.531. The van der Waals surface area contributed by atoms with Crippen LogP contribution in [0.25, 0.3) is 10.6 Å². The van der Waals surface area contributed by atoms with Gasteiger partial charge in [-0.05, 0) is 32.4 Å². The van der Waals surface area contributed by atoms with Crippen LogP contribution in [0, 0.1) is 13.8 Å². The standard InChI is InChI=1S/C18H18N6O2S/c1-11-12(2)27-18-20-10-13(17(26)24(11)18)16(25)19-8-5-7-15-22-21-14-6-3-4-9-23(14)15/h3-4,6,9-10H,5,7-8H2,1-2H3,(H,19,25). The van der Waals surface area contributed by atoms with Gasteiger partial charge in [0.15, 0.2) is 10.6 Å². The van der Waals surface area contributed by atoms with Gasteiger partial charge in [-0.1, -0.05) is 6.07 Å². The Kier molecular flexibility index (Phi) is 4.44. The van der Waals surface area contributed by atoms with Crippen molar-refractivity contribution in [2.24, 2.45) is 0 Å². The predicted molar refractivity (Wildman–Crippen MR) is 102 cm³/mol. The van der Waals surface area contributed by atoms with Gasteiger partial charge in [0, 0.05) is 35.9 Å². The number of thiazole rings is 1. The van der Waals surface area contributed by atoms with Gasteiger partial charge in [-0.2, -0.15) is 0 Å². The lowest BCUT2D eigenvalue weighted by atomic mass is 10.2. The number of aryl methyl sites for hydroxylation is 3. The van der Waals surface area contributed by atoms with Crippen LogP contribution >= 0.6 is 11.3 Å². The zero-order valence-electron chi connectivity index (χ0n) is 15.0. The van der Waals surface area contributed by atoms with E-state index in [0.29, 0.717) is 24.3 Å². The topological polar surface area (TPSA) is 93.7 Å². The monoisotopic (exact) mass is 382 g/mol. The number of aromatic nitrogens is 5. The zero-order chi connectivity index (χ0) is 19.0. The second-order valence-corrected chi connectivity index (χ2v) is 7.42. The lowest BCUT2D eigenvalue weighted by molar-refractivity contribution is 0.0951. The van der Waals surface area contributed by atoms with E-state index in [-0.39, 0.29) is 11.1 Å². The van der Waals surface area contributed by atoms with E-state index in [1.807, 2.05) is 42.6 Å². The molecule has 0 aliphatic rings. The first-order valence-electron chi connectivity index (χ1n) is 8.61. The third-order valence-electron chi connectivity index (χ3n) is 4.51. The molecule has 4 aromatic heterocycles. The Hall–Kier alpha value is -3.07. The molecule has 138 valence electrons. The van der Waals surface area contributed by atoms with Gasteiger partial charge in [-0.3, -0.25) is 18.4 Å². The summed E-state index contributed by atoms with van der Waals surface area (Å²) in [5, 5.41) is 11.1. The first-order valence-corrected chi connectivity index (χ1v) is 9.42. The highest BCUT2D eigenvalue weighted by Gasteiger charge is 2.16. The molecule has 4 rings (SSSR count). The van der Waals surface area contributed by atoms with Crippen LogP contribution in [0.4, 0.5) is 0 Å². The molecule has 0 unspecified atom stereocenters. The Morgan fingerprint density at radius 3 is 2.96 bits per heavy atom. The van der Waals surface area contributed by atoms with E-state index < -0.39 is 5.91 Å². The molecule has 0 aromatic carbocycles. The summed E-state index contributed by atoms with van der Waals surface area (Å²) in [6.07, 6.45) is 4.63. The lowest BCUT2D eigenvalue weighted by Crippen LogP contribution is -2.32. The van der Waals surface area contributed by atoms with Crippen molar-refractivity contribution in [3.8, 4) is 0 Å². The van der Waals surface area contributed by atoms with Crippen molar-refractivity contribution in [2.45, 2.75) is 26.7 Å². The minimum absolute atomic E-state index is 0.0568. The molecular formula is C18H18N6O2S. The highest BCUT2D eigenvalue weighted by Crippen LogP contribution is 2.18. The van der Waals surface area contributed by atoms with Crippen LogP contribution in [0.2, 0.25) is 0 Å². The van der Waals surface area contributed by atoms with Gasteiger partial charge >= 0.3 is 0 Å². The van der Waals surface area contributed by atoms with Crippen LogP contribution in [0.5, 0.6) is 0 Å². The van der Waals surface area contributed by atoms with Gasteiger partial charge < -0.3 is 5.32 Å². The number of nitrogens with one attached hydrogen (secondary N) is 1. The average Bonchev–Trinajstić information content (AvgIpc) is 3.20. The molecule has 0 aliphatic heterocycles. The maximum absolute atomic E-state index is 12.6. The molecule has 0 saturated heterocycles. The Bertz CT molecular complexity index is 1210. The molecule has 0 atom stereocenters. The van der Waals surface area contributed by atoms with E-state index in [1.54, 1.807) is 0 Å². The van der Waals surface area contributed by atoms with Crippen molar-refractivity contribution in [1.29, 1.82) is 0 Å².